The van der Waals surface area contributed by atoms with Gasteiger partial charge in [0, 0.05) is 23.5 Å². The highest BCUT2D eigenvalue weighted by Gasteiger charge is 2.35. The van der Waals surface area contributed by atoms with Gasteiger partial charge in [-0.1, -0.05) is 28.1 Å². The Kier molecular flexibility index (Phi) is 7.65. The molecule has 0 atom stereocenters. The SMILES string of the molecule is COCCN(C(=O)c1cc(C(F)(F)F)nc2ccc(Br)cc12)c1c(C)nn(Cc2ccc(F)cc2)c1C. The van der Waals surface area contributed by atoms with Crippen LogP contribution in [0.2, 0.25) is 0 Å². The van der Waals surface area contributed by atoms with Crippen molar-refractivity contribution in [3.63, 3.8) is 0 Å². The van der Waals surface area contributed by atoms with Gasteiger partial charge in [-0.15, -0.1) is 0 Å². The lowest BCUT2D eigenvalue weighted by Crippen LogP contribution is -2.35. The number of hydrogen-bond acceptors (Lipinski definition) is 4. The number of hydrogen-bond donors (Lipinski definition) is 0. The monoisotopic (exact) mass is 578 g/mol. The number of pyridine rings is 1. The number of fused-ring (bicyclic) bond motifs is 1. The van der Waals surface area contributed by atoms with E-state index in [-0.39, 0.29) is 35.4 Å². The van der Waals surface area contributed by atoms with Crippen LogP contribution in [0.15, 0.2) is 53.0 Å². The summed E-state index contributed by atoms with van der Waals surface area (Å²) in [5.41, 5.74) is 1.17. The molecule has 194 valence electrons. The zero-order valence-electron chi connectivity index (χ0n) is 20.2. The Balaban J connectivity index is 1.83. The Morgan fingerprint density at radius 1 is 1.11 bits per heavy atom. The Morgan fingerprint density at radius 3 is 2.46 bits per heavy atom. The summed E-state index contributed by atoms with van der Waals surface area (Å²) in [6.07, 6.45) is -4.74. The number of halogens is 5. The smallest absolute Gasteiger partial charge is 0.383 e. The number of methoxy groups -OCH3 is 1. The van der Waals surface area contributed by atoms with Crippen LogP contribution in [0.1, 0.15) is 33.0 Å². The van der Waals surface area contributed by atoms with Crippen LogP contribution in [0.5, 0.6) is 0 Å². The summed E-state index contributed by atoms with van der Waals surface area (Å²) in [7, 11) is 1.47. The first-order valence-corrected chi connectivity index (χ1v) is 12.1. The van der Waals surface area contributed by atoms with E-state index in [4.69, 9.17) is 4.74 Å². The van der Waals surface area contributed by atoms with Crippen LogP contribution in [-0.2, 0) is 17.5 Å². The van der Waals surface area contributed by atoms with Crippen molar-refractivity contribution in [1.82, 2.24) is 14.8 Å². The summed E-state index contributed by atoms with van der Waals surface area (Å²) in [5, 5.41) is 4.84. The van der Waals surface area contributed by atoms with Gasteiger partial charge in [0.1, 0.15) is 11.5 Å². The van der Waals surface area contributed by atoms with Crippen molar-refractivity contribution >= 4 is 38.4 Å². The summed E-state index contributed by atoms with van der Waals surface area (Å²) in [6, 6.07) is 11.3. The van der Waals surface area contributed by atoms with E-state index in [1.807, 2.05) is 0 Å². The van der Waals surface area contributed by atoms with Gasteiger partial charge in [0.2, 0.25) is 0 Å². The normalized spacial score (nSPS) is 11.8. The number of amides is 1. The van der Waals surface area contributed by atoms with E-state index in [2.05, 4.69) is 26.0 Å². The van der Waals surface area contributed by atoms with Crippen LogP contribution in [-0.4, -0.2) is 40.9 Å². The number of carbonyl (C=O) groups excluding carboxylic acids is 1. The van der Waals surface area contributed by atoms with Crippen molar-refractivity contribution < 1.29 is 27.1 Å². The van der Waals surface area contributed by atoms with Crippen LogP contribution in [0.25, 0.3) is 10.9 Å². The number of nitrogens with zero attached hydrogens (tertiary/aromatic N) is 4. The largest absolute Gasteiger partial charge is 0.433 e. The molecule has 0 unspecified atom stereocenters. The van der Waals surface area contributed by atoms with E-state index < -0.39 is 17.8 Å². The van der Waals surface area contributed by atoms with Gasteiger partial charge in [-0.05, 0) is 55.8 Å². The van der Waals surface area contributed by atoms with Gasteiger partial charge in [-0.25, -0.2) is 9.37 Å². The minimum absolute atomic E-state index is 0.0496. The second-order valence-corrected chi connectivity index (χ2v) is 9.38. The first kappa shape index (κ1) is 26.7. The van der Waals surface area contributed by atoms with Crippen LogP contribution in [0, 0.1) is 19.7 Å². The van der Waals surface area contributed by atoms with Crippen LogP contribution in [0.3, 0.4) is 0 Å². The number of alkyl halides is 3. The number of carbonyl (C=O) groups is 1. The molecule has 1 amide bonds. The van der Waals surface area contributed by atoms with E-state index in [9.17, 15) is 22.4 Å². The molecule has 4 aromatic rings. The molecular formula is C26H23BrF4N4O2. The maximum atomic E-state index is 13.9. The lowest BCUT2D eigenvalue weighted by molar-refractivity contribution is -0.140. The summed E-state index contributed by atoms with van der Waals surface area (Å²) in [5.74, 6) is -0.996. The summed E-state index contributed by atoms with van der Waals surface area (Å²) >= 11 is 3.33. The maximum absolute atomic E-state index is 13.9. The standard InChI is InChI=1S/C26H23BrF4N4O2/c1-15-24(16(2)35(33-15)14-17-4-7-19(28)8-5-17)34(10-11-37-3)25(36)21-13-23(26(29,30)31)32-22-9-6-18(27)12-20(21)22/h4-9,12-13H,10-11,14H2,1-3H3. The van der Waals surface area contributed by atoms with E-state index in [1.165, 1.54) is 30.2 Å². The highest BCUT2D eigenvalue weighted by atomic mass is 79.9. The van der Waals surface area contributed by atoms with Crippen molar-refractivity contribution in [2.75, 3.05) is 25.2 Å². The van der Waals surface area contributed by atoms with Crippen molar-refractivity contribution in [3.05, 3.63) is 87.0 Å². The molecule has 6 nitrogen and oxygen atoms in total. The van der Waals surface area contributed by atoms with Gasteiger partial charge in [0.05, 0.1) is 41.3 Å². The number of ether oxygens (including phenoxy) is 1. The first-order valence-electron chi connectivity index (χ1n) is 11.3. The van der Waals surface area contributed by atoms with E-state index in [0.717, 1.165) is 11.6 Å². The third-order valence-corrected chi connectivity index (χ3v) is 6.41. The third-order valence-electron chi connectivity index (χ3n) is 5.91. The lowest BCUT2D eigenvalue weighted by Gasteiger charge is -2.24. The fraction of sp³-hybridized carbons (Fsp3) is 0.269. The van der Waals surface area contributed by atoms with Gasteiger partial charge in [-0.2, -0.15) is 18.3 Å². The number of aryl methyl sites for hydroxylation is 1. The van der Waals surface area contributed by atoms with Gasteiger partial charge in [-0.3, -0.25) is 9.48 Å². The highest BCUT2D eigenvalue weighted by molar-refractivity contribution is 9.10. The van der Waals surface area contributed by atoms with Crippen molar-refractivity contribution in [2.45, 2.75) is 26.6 Å². The predicted molar refractivity (Wildman–Crippen MR) is 135 cm³/mol. The second-order valence-electron chi connectivity index (χ2n) is 8.47. The molecule has 0 spiro atoms. The van der Waals surface area contributed by atoms with Crippen molar-refractivity contribution in [1.29, 1.82) is 0 Å². The number of benzene rings is 2. The fourth-order valence-electron chi connectivity index (χ4n) is 4.16. The minimum Gasteiger partial charge on any atom is -0.383 e. The molecule has 4 rings (SSSR count). The molecule has 0 fully saturated rings. The van der Waals surface area contributed by atoms with E-state index >= 15 is 0 Å². The molecule has 2 aromatic heterocycles. The molecule has 2 heterocycles. The molecular weight excluding hydrogens is 556 g/mol. The number of anilines is 1. The number of aromatic nitrogens is 3. The number of rotatable bonds is 7. The molecule has 0 aliphatic heterocycles. The zero-order valence-corrected chi connectivity index (χ0v) is 21.8. The van der Waals surface area contributed by atoms with E-state index in [0.29, 0.717) is 28.1 Å². The maximum Gasteiger partial charge on any atom is 0.433 e. The average molecular weight is 579 g/mol. The fourth-order valence-corrected chi connectivity index (χ4v) is 4.52. The molecule has 2 aromatic carbocycles. The Morgan fingerprint density at radius 2 is 1.81 bits per heavy atom. The predicted octanol–water partition coefficient (Wildman–Crippen LogP) is 6.31. The van der Waals surface area contributed by atoms with Gasteiger partial charge in [0.25, 0.3) is 5.91 Å². The molecule has 0 saturated heterocycles. The zero-order chi connectivity index (χ0) is 26.9. The Hall–Kier alpha value is -3.31. The average Bonchev–Trinajstić information content (AvgIpc) is 3.12. The molecule has 11 heteroatoms. The molecule has 37 heavy (non-hydrogen) atoms. The van der Waals surface area contributed by atoms with Crippen LogP contribution < -0.4 is 4.90 Å². The minimum atomic E-state index is -4.74. The van der Waals surface area contributed by atoms with Crippen LogP contribution in [0.4, 0.5) is 23.2 Å². The van der Waals surface area contributed by atoms with Gasteiger partial charge >= 0.3 is 6.18 Å². The Bertz CT molecular complexity index is 1450. The molecule has 0 saturated carbocycles. The topological polar surface area (TPSA) is 60.2 Å². The lowest BCUT2D eigenvalue weighted by atomic mass is 10.1. The molecule has 0 N–H and O–H groups in total. The highest BCUT2D eigenvalue weighted by Crippen LogP contribution is 2.34. The molecule has 0 aliphatic carbocycles. The second kappa shape index (κ2) is 10.6. The van der Waals surface area contributed by atoms with Gasteiger partial charge in [0.15, 0.2) is 0 Å². The first-order chi connectivity index (χ1) is 17.5. The quantitative estimate of drug-likeness (QED) is 0.241. The van der Waals surface area contributed by atoms with Crippen molar-refractivity contribution in [2.24, 2.45) is 0 Å². The summed E-state index contributed by atoms with van der Waals surface area (Å²) < 4.78 is 61.8. The molecule has 0 radical (unpaired) electrons. The molecule has 0 aliphatic rings. The Labute approximate surface area is 219 Å². The third kappa shape index (κ3) is 5.67. The van der Waals surface area contributed by atoms with E-state index in [1.54, 1.807) is 42.8 Å². The summed E-state index contributed by atoms with van der Waals surface area (Å²) in [6.45, 7) is 4.04. The van der Waals surface area contributed by atoms with Crippen molar-refractivity contribution in [3.8, 4) is 0 Å². The van der Waals surface area contributed by atoms with Crippen LogP contribution >= 0.6 is 15.9 Å². The summed E-state index contributed by atoms with van der Waals surface area (Å²) in [4.78, 5) is 19.1. The molecule has 0 bridgehead atoms. The van der Waals surface area contributed by atoms with Gasteiger partial charge < -0.3 is 9.64 Å².